The summed E-state index contributed by atoms with van der Waals surface area (Å²) in [4.78, 5) is 0. The number of fused-ring (bicyclic) bond motifs is 1. The Balaban J connectivity index is 1.64. The molecule has 4 aromatic rings. The normalized spacial score (nSPS) is 10.3. The Morgan fingerprint density at radius 1 is 0.767 bits per heavy atom. The van der Waals surface area contributed by atoms with Crippen LogP contribution in [0.15, 0.2) is 78.9 Å². The lowest BCUT2D eigenvalue weighted by molar-refractivity contribution is 0.636. The number of benzene rings is 4. The van der Waals surface area contributed by atoms with Gasteiger partial charge in [-0.2, -0.15) is 5.26 Å². The van der Waals surface area contributed by atoms with Gasteiger partial charge in [-0.25, -0.2) is 4.39 Å². The molecular formula is C28H20FN. The number of aryl methyl sites for hydroxylation is 1. The van der Waals surface area contributed by atoms with Crippen molar-refractivity contribution in [3.8, 4) is 29.0 Å². The van der Waals surface area contributed by atoms with E-state index in [1.807, 2.05) is 24.3 Å². The van der Waals surface area contributed by atoms with Crippen molar-refractivity contribution < 1.29 is 4.39 Å². The molecule has 0 atom stereocenters. The van der Waals surface area contributed by atoms with Gasteiger partial charge in [0.2, 0.25) is 0 Å². The summed E-state index contributed by atoms with van der Waals surface area (Å²) in [5.74, 6) is 5.58. The number of hydrogen-bond donors (Lipinski definition) is 0. The van der Waals surface area contributed by atoms with Gasteiger partial charge in [0.25, 0.3) is 0 Å². The first kappa shape index (κ1) is 19.4. The van der Waals surface area contributed by atoms with Gasteiger partial charge in [0.1, 0.15) is 5.82 Å². The average molecular weight is 389 g/mol. The van der Waals surface area contributed by atoms with Gasteiger partial charge in [0.15, 0.2) is 0 Å². The summed E-state index contributed by atoms with van der Waals surface area (Å²) in [5.41, 5.74) is 5.22. The second kappa shape index (κ2) is 8.64. The van der Waals surface area contributed by atoms with E-state index in [1.165, 1.54) is 5.56 Å². The Bertz CT molecular complexity index is 1300. The van der Waals surface area contributed by atoms with Crippen molar-refractivity contribution >= 4 is 10.8 Å². The highest BCUT2D eigenvalue weighted by Crippen LogP contribution is 2.27. The smallest absolute Gasteiger partial charge is 0.146 e. The largest absolute Gasteiger partial charge is 0.205 e. The minimum Gasteiger partial charge on any atom is -0.205 e. The van der Waals surface area contributed by atoms with Crippen molar-refractivity contribution in [3.63, 3.8) is 0 Å². The fourth-order valence-corrected chi connectivity index (χ4v) is 3.49. The first-order valence-electron chi connectivity index (χ1n) is 10.0. The molecule has 0 spiro atoms. The van der Waals surface area contributed by atoms with Crippen LogP contribution in [0.2, 0.25) is 0 Å². The Hall–Kier alpha value is -3.88. The van der Waals surface area contributed by atoms with E-state index in [0.717, 1.165) is 34.9 Å². The fraction of sp³-hybridized carbons (Fsp3) is 0.107. The number of halogens is 1. The highest BCUT2D eigenvalue weighted by Gasteiger charge is 2.07. The number of nitrogens with zero attached hydrogens (tertiary/aromatic N) is 1. The topological polar surface area (TPSA) is 23.8 Å². The second-order valence-electron chi connectivity index (χ2n) is 7.25. The van der Waals surface area contributed by atoms with Crippen molar-refractivity contribution in [3.05, 3.63) is 107 Å². The molecule has 0 aromatic heterocycles. The monoisotopic (exact) mass is 389 g/mol. The maximum atomic E-state index is 15.0. The molecule has 0 saturated carbocycles. The molecule has 0 fully saturated rings. The summed E-state index contributed by atoms with van der Waals surface area (Å²) in [7, 11) is 0. The molecule has 0 heterocycles. The van der Waals surface area contributed by atoms with Crippen molar-refractivity contribution in [1.82, 2.24) is 0 Å². The molecule has 0 saturated heterocycles. The zero-order valence-electron chi connectivity index (χ0n) is 16.7. The van der Waals surface area contributed by atoms with E-state index in [9.17, 15) is 0 Å². The van der Waals surface area contributed by atoms with Gasteiger partial charge in [-0.15, -0.1) is 0 Å². The molecule has 0 aliphatic heterocycles. The highest BCUT2D eigenvalue weighted by molar-refractivity contribution is 5.89. The van der Waals surface area contributed by atoms with Gasteiger partial charge >= 0.3 is 0 Å². The van der Waals surface area contributed by atoms with Crippen LogP contribution in [0.3, 0.4) is 0 Å². The highest BCUT2D eigenvalue weighted by atomic mass is 19.1. The molecule has 0 amide bonds. The average Bonchev–Trinajstić information content (AvgIpc) is 2.79. The van der Waals surface area contributed by atoms with E-state index in [4.69, 9.17) is 5.26 Å². The molecule has 0 bridgehead atoms. The van der Waals surface area contributed by atoms with Crippen LogP contribution in [0.1, 0.15) is 35.6 Å². The van der Waals surface area contributed by atoms with E-state index in [2.05, 4.69) is 49.1 Å². The van der Waals surface area contributed by atoms with E-state index in [-0.39, 0.29) is 5.82 Å². The number of nitriles is 1. The van der Waals surface area contributed by atoms with Gasteiger partial charge < -0.3 is 0 Å². The summed E-state index contributed by atoms with van der Waals surface area (Å²) < 4.78 is 15.0. The molecule has 2 heteroatoms. The van der Waals surface area contributed by atoms with Gasteiger partial charge in [-0.1, -0.05) is 67.6 Å². The molecule has 0 radical (unpaired) electrons. The van der Waals surface area contributed by atoms with E-state index >= 15 is 4.39 Å². The molecule has 30 heavy (non-hydrogen) atoms. The van der Waals surface area contributed by atoms with Crippen molar-refractivity contribution in [2.75, 3.05) is 0 Å². The second-order valence-corrected chi connectivity index (χ2v) is 7.25. The molecule has 4 rings (SSSR count). The van der Waals surface area contributed by atoms with Crippen LogP contribution in [-0.2, 0) is 6.42 Å². The third kappa shape index (κ3) is 4.09. The molecule has 144 valence electrons. The Kier molecular flexibility index (Phi) is 5.60. The SMILES string of the molecule is CCCc1ccc(-c2ccc3c(F)c(C#Cc4ccc(C#N)cc4)ccc3c2)cc1. The summed E-state index contributed by atoms with van der Waals surface area (Å²) in [6.45, 7) is 2.18. The molecule has 4 aromatic carbocycles. The maximum absolute atomic E-state index is 15.0. The predicted octanol–water partition coefficient (Wildman–Crippen LogP) is 6.87. The van der Waals surface area contributed by atoms with E-state index in [0.29, 0.717) is 16.5 Å². The standard InChI is InChI=1S/C28H20FN/c1-2-3-20-8-11-23(12-9-20)25-16-17-27-26(18-25)15-14-24(28(27)29)13-10-21-4-6-22(19-30)7-5-21/h4-9,11-12,14-18H,2-3H2,1H3. The lowest BCUT2D eigenvalue weighted by Gasteiger charge is -2.07. The molecular weight excluding hydrogens is 369 g/mol. The zero-order valence-corrected chi connectivity index (χ0v) is 16.7. The van der Waals surface area contributed by atoms with Crippen LogP contribution in [0.25, 0.3) is 21.9 Å². The zero-order chi connectivity index (χ0) is 20.9. The minimum absolute atomic E-state index is 0.307. The van der Waals surface area contributed by atoms with Crippen LogP contribution in [0.5, 0.6) is 0 Å². The summed E-state index contributed by atoms with van der Waals surface area (Å²) in [6, 6.07) is 27.0. The quantitative estimate of drug-likeness (QED) is 0.351. The van der Waals surface area contributed by atoms with Crippen LogP contribution in [0, 0.1) is 29.0 Å². The van der Waals surface area contributed by atoms with E-state index < -0.39 is 0 Å². The minimum atomic E-state index is -0.307. The molecule has 1 nitrogen and oxygen atoms in total. The summed E-state index contributed by atoms with van der Waals surface area (Å²) >= 11 is 0. The third-order valence-electron chi connectivity index (χ3n) is 5.14. The molecule has 0 aliphatic carbocycles. The van der Waals surface area contributed by atoms with Gasteiger partial charge in [-0.3, -0.25) is 0 Å². The van der Waals surface area contributed by atoms with Gasteiger partial charge in [0.05, 0.1) is 17.2 Å². The van der Waals surface area contributed by atoms with Crippen molar-refractivity contribution in [2.24, 2.45) is 0 Å². The number of hydrogen-bond acceptors (Lipinski definition) is 1. The van der Waals surface area contributed by atoms with Crippen LogP contribution >= 0.6 is 0 Å². The van der Waals surface area contributed by atoms with Crippen LogP contribution in [0.4, 0.5) is 4.39 Å². The Morgan fingerprint density at radius 3 is 2.17 bits per heavy atom. The molecule has 0 unspecified atom stereocenters. The van der Waals surface area contributed by atoms with Gasteiger partial charge in [-0.05, 0) is 64.9 Å². The predicted molar refractivity (Wildman–Crippen MR) is 120 cm³/mol. The molecule has 0 N–H and O–H groups in total. The maximum Gasteiger partial charge on any atom is 0.146 e. The van der Waals surface area contributed by atoms with Crippen molar-refractivity contribution in [2.45, 2.75) is 19.8 Å². The summed E-state index contributed by atoms with van der Waals surface area (Å²) in [5, 5.41) is 10.3. The fourth-order valence-electron chi connectivity index (χ4n) is 3.49. The third-order valence-corrected chi connectivity index (χ3v) is 5.14. The summed E-state index contributed by atoms with van der Waals surface area (Å²) in [6.07, 6.45) is 2.21. The Labute approximate surface area is 176 Å². The van der Waals surface area contributed by atoms with Crippen molar-refractivity contribution in [1.29, 1.82) is 5.26 Å². The lowest BCUT2D eigenvalue weighted by Crippen LogP contribution is -1.88. The Morgan fingerprint density at radius 2 is 1.47 bits per heavy atom. The number of rotatable bonds is 3. The van der Waals surface area contributed by atoms with Crippen LogP contribution in [-0.4, -0.2) is 0 Å². The van der Waals surface area contributed by atoms with Gasteiger partial charge in [0, 0.05) is 10.9 Å². The lowest BCUT2D eigenvalue weighted by atomic mass is 9.98. The molecule has 0 aliphatic rings. The van der Waals surface area contributed by atoms with E-state index in [1.54, 1.807) is 30.3 Å². The van der Waals surface area contributed by atoms with Crippen LogP contribution < -0.4 is 0 Å². The first-order chi connectivity index (χ1) is 14.7. The first-order valence-corrected chi connectivity index (χ1v) is 10.0.